The van der Waals surface area contributed by atoms with Crippen LogP contribution in [0.25, 0.3) is 0 Å². The third-order valence-corrected chi connectivity index (χ3v) is 5.47. The molecule has 0 heterocycles. The zero-order valence-corrected chi connectivity index (χ0v) is 19.4. The second-order valence-electron chi connectivity index (χ2n) is 6.51. The van der Waals surface area contributed by atoms with E-state index in [0.717, 1.165) is 44.9 Å². The molecule has 0 aliphatic heterocycles. The average Bonchev–Trinajstić information content (AvgIpc) is 2.42. The van der Waals surface area contributed by atoms with Crippen LogP contribution in [0.3, 0.4) is 0 Å². The van der Waals surface area contributed by atoms with Gasteiger partial charge in [0.05, 0.1) is 16.2 Å². The van der Waals surface area contributed by atoms with Crippen molar-refractivity contribution in [2.75, 3.05) is 0 Å². The predicted molar refractivity (Wildman–Crippen MR) is 90.9 cm³/mol. The van der Waals surface area contributed by atoms with Crippen LogP contribution in [-0.2, 0) is 10.1 Å². The second-order valence-corrected chi connectivity index (χ2v) is 8.16. The Bertz CT molecular complexity index is 345. The number of aliphatic hydroxyl groups excluding tert-OH is 1. The van der Waals surface area contributed by atoms with E-state index in [1.807, 2.05) is 13.8 Å². The average molecular weight is 375 g/mol. The summed E-state index contributed by atoms with van der Waals surface area (Å²) < 4.78 is 33.5. The first-order valence-corrected chi connectivity index (χ1v) is 10.5. The fourth-order valence-corrected chi connectivity index (χ4v) is 3.65. The van der Waals surface area contributed by atoms with E-state index in [1.165, 1.54) is 25.7 Å². The van der Waals surface area contributed by atoms with Crippen LogP contribution in [0.1, 0.15) is 97.3 Å². The van der Waals surface area contributed by atoms with Gasteiger partial charge in [-0.15, -0.1) is 0 Å². The Morgan fingerprint density at radius 2 is 1.22 bits per heavy atom. The summed E-state index contributed by atoms with van der Waals surface area (Å²) >= 11 is 0. The summed E-state index contributed by atoms with van der Waals surface area (Å²) in [6.07, 6.45) is 12.4. The minimum absolute atomic E-state index is 0. The summed E-state index contributed by atoms with van der Waals surface area (Å²) in [7, 11) is -4.12. The number of unbranched alkanes of at least 4 members (excludes halogenated alkanes) is 8. The van der Waals surface area contributed by atoms with Gasteiger partial charge in [0.25, 0.3) is 0 Å². The zero-order valence-electron chi connectivity index (χ0n) is 15.4. The van der Waals surface area contributed by atoms with Crippen LogP contribution >= 0.6 is 0 Å². The van der Waals surface area contributed by atoms with Gasteiger partial charge in [-0.3, -0.25) is 0 Å². The Hall–Kier alpha value is 1.51. The maximum absolute atomic E-state index is 11.2. The van der Waals surface area contributed by atoms with Crippen molar-refractivity contribution >= 4 is 10.1 Å². The molecule has 0 saturated carbocycles. The molecule has 0 aliphatic rings. The number of aliphatic hydroxyl groups is 1. The fourth-order valence-electron chi connectivity index (χ4n) is 2.74. The standard InChI is InChI=1S/C17H36O4S.K/c1-3-4-14-17(22(19,20)21)15-12-10-8-6-5-7-9-11-13-16(2)18;/h16-18H,3-15H2,1-2H3,(H,19,20,21);/q;+1/p-1. The Labute approximate surface area is 186 Å². The quantitative estimate of drug-likeness (QED) is 0.267. The number of rotatable bonds is 15. The topological polar surface area (TPSA) is 77.4 Å². The maximum Gasteiger partial charge on any atom is 1.00 e. The van der Waals surface area contributed by atoms with E-state index in [1.54, 1.807) is 0 Å². The van der Waals surface area contributed by atoms with Gasteiger partial charge in [0, 0.05) is 5.25 Å². The van der Waals surface area contributed by atoms with Crippen LogP contribution < -0.4 is 51.4 Å². The van der Waals surface area contributed by atoms with E-state index in [2.05, 4.69) is 0 Å². The summed E-state index contributed by atoms with van der Waals surface area (Å²) in [5.41, 5.74) is 0. The molecule has 0 radical (unpaired) electrons. The Kier molecular flexibility index (Phi) is 19.7. The minimum Gasteiger partial charge on any atom is -0.748 e. The van der Waals surface area contributed by atoms with Crippen LogP contribution in [0.4, 0.5) is 0 Å². The summed E-state index contributed by atoms with van der Waals surface area (Å²) in [6.45, 7) is 3.84. The molecule has 0 aromatic carbocycles. The van der Waals surface area contributed by atoms with Crippen molar-refractivity contribution in [1.82, 2.24) is 0 Å². The predicted octanol–water partition coefficient (Wildman–Crippen LogP) is 1.38. The summed E-state index contributed by atoms with van der Waals surface area (Å²) in [4.78, 5) is 0. The van der Waals surface area contributed by atoms with Crippen molar-refractivity contribution in [1.29, 1.82) is 0 Å². The summed E-state index contributed by atoms with van der Waals surface area (Å²) in [6, 6.07) is 0. The van der Waals surface area contributed by atoms with Gasteiger partial charge in [0.2, 0.25) is 0 Å². The van der Waals surface area contributed by atoms with E-state index in [4.69, 9.17) is 5.11 Å². The first-order chi connectivity index (χ1) is 10.4. The second kappa shape index (κ2) is 16.9. The van der Waals surface area contributed by atoms with Gasteiger partial charge in [-0.05, 0) is 26.2 Å². The van der Waals surface area contributed by atoms with E-state index >= 15 is 0 Å². The molecule has 0 rings (SSSR count). The van der Waals surface area contributed by atoms with E-state index in [-0.39, 0.29) is 57.5 Å². The van der Waals surface area contributed by atoms with Gasteiger partial charge in [-0.25, -0.2) is 8.42 Å². The Morgan fingerprint density at radius 1 is 0.826 bits per heavy atom. The molecule has 0 aliphatic carbocycles. The van der Waals surface area contributed by atoms with Crippen molar-refractivity contribution in [3.05, 3.63) is 0 Å². The summed E-state index contributed by atoms with van der Waals surface area (Å²) in [5.74, 6) is 0. The number of hydrogen-bond donors (Lipinski definition) is 1. The van der Waals surface area contributed by atoms with Crippen LogP contribution in [-0.4, -0.2) is 29.4 Å². The van der Waals surface area contributed by atoms with Crippen molar-refractivity contribution in [3.63, 3.8) is 0 Å². The first kappa shape index (κ1) is 26.7. The SMILES string of the molecule is CCCCC(CCCCCCCCCCC(C)O)S(=O)(=O)[O-].[K+]. The third-order valence-electron chi connectivity index (χ3n) is 4.19. The smallest absolute Gasteiger partial charge is 0.748 e. The monoisotopic (exact) mass is 374 g/mol. The Balaban J connectivity index is 0. The molecule has 0 bridgehead atoms. The fraction of sp³-hybridized carbons (Fsp3) is 1.00. The van der Waals surface area contributed by atoms with Crippen LogP contribution in [0.2, 0.25) is 0 Å². The Morgan fingerprint density at radius 3 is 1.61 bits per heavy atom. The number of hydrogen-bond acceptors (Lipinski definition) is 4. The van der Waals surface area contributed by atoms with Crippen molar-refractivity contribution in [2.24, 2.45) is 0 Å². The summed E-state index contributed by atoms with van der Waals surface area (Å²) in [5, 5.41) is 8.47. The van der Waals surface area contributed by atoms with Gasteiger partial charge in [-0.2, -0.15) is 0 Å². The van der Waals surface area contributed by atoms with Gasteiger partial charge in [0.1, 0.15) is 0 Å². The molecule has 2 unspecified atom stereocenters. The van der Waals surface area contributed by atoms with Crippen LogP contribution in [0.5, 0.6) is 0 Å². The van der Waals surface area contributed by atoms with E-state index < -0.39 is 15.4 Å². The molecule has 2 atom stereocenters. The van der Waals surface area contributed by atoms with Crippen LogP contribution in [0.15, 0.2) is 0 Å². The van der Waals surface area contributed by atoms with Crippen molar-refractivity contribution < 1.29 is 69.5 Å². The molecular weight excluding hydrogens is 339 g/mol. The molecule has 0 spiro atoms. The molecular formula is C17H35KO4S. The van der Waals surface area contributed by atoms with Crippen LogP contribution in [0, 0.1) is 0 Å². The largest absolute Gasteiger partial charge is 1.00 e. The van der Waals surface area contributed by atoms with Crippen molar-refractivity contribution in [3.8, 4) is 0 Å². The molecule has 0 aromatic rings. The molecule has 134 valence electrons. The van der Waals surface area contributed by atoms with Gasteiger partial charge >= 0.3 is 51.4 Å². The molecule has 1 N–H and O–H groups in total. The molecule has 0 saturated heterocycles. The third kappa shape index (κ3) is 18.1. The molecule has 0 amide bonds. The van der Waals surface area contributed by atoms with Crippen molar-refractivity contribution in [2.45, 2.75) is 109 Å². The molecule has 23 heavy (non-hydrogen) atoms. The normalized spacial score (nSPS) is 14.3. The molecule has 6 heteroatoms. The molecule has 0 fully saturated rings. The minimum atomic E-state index is -4.12. The van der Waals surface area contributed by atoms with E-state index in [9.17, 15) is 13.0 Å². The zero-order chi connectivity index (χ0) is 16.8. The van der Waals surface area contributed by atoms with Gasteiger partial charge < -0.3 is 9.66 Å². The van der Waals surface area contributed by atoms with Gasteiger partial charge in [-0.1, -0.05) is 71.1 Å². The molecule has 0 aromatic heterocycles. The van der Waals surface area contributed by atoms with E-state index in [0.29, 0.717) is 12.8 Å². The molecule has 4 nitrogen and oxygen atoms in total. The van der Waals surface area contributed by atoms with Gasteiger partial charge in [0.15, 0.2) is 0 Å². The maximum atomic E-state index is 11.2. The first-order valence-electron chi connectivity index (χ1n) is 9.00.